The minimum Gasteiger partial charge on any atom is -0.488 e. The fraction of sp³-hybridized carbons (Fsp3) is 0.400. The topological polar surface area (TPSA) is 123 Å². The van der Waals surface area contributed by atoms with Crippen molar-refractivity contribution in [3.63, 3.8) is 0 Å². The highest BCUT2D eigenvalue weighted by Gasteiger charge is 2.31. The van der Waals surface area contributed by atoms with E-state index in [2.05, 4.69) is 10.6 Å². The molecule has 3 aromatic carbocycles. The molecule has 2 atom stereocenters. The molecule has 0 saturated carbocycles. The van der Waals surface area contributed by atoms with Crippen LogP contribution in [0, 0.1) is 0 Å². The summed E-state index contributed by atoms with van der Waals surface area (Å²) in [6, 6.07) is 20.6. The third kappa shape index (κ3) is 8.83. The minimum atomic E-state index is -1.24. The Hall–Kier alpha value is -4.37. The fourth-order valence-corrected chi connectivity index (χ4v) is 5.05. The Labute approximate surface area is 258 Å². The van der Waals surface area contributed by atoms with Crippen LogP contribution in [0.15, 0.2) is 72.8 Å². The summed E-state index contributed by atoms with van der Waals surface area (Å²) in [5.41, 5.74) is 4.05. The number of aliphatic carboxylic acids is 1. The zero-order valence-corrected chi connectivity index (χ0v) is 26.2. The van der Waals surface area contributed by atoms with Gasteiger partial charge in [0.1, 0.15) is 30.0 Å². The Morgan fingerprint density at radius 1 is 0.773 bits per heavy atom. The zero-order valence-electron chi connectivity index (χ0n) is 26.2. The number of fused-ring (bicyclic) bond motifs is 3. The van der Waals surface area contributed by atoms with Crippen LogP contribution in [-0.2, 0) is 25.5 Å². The van der Waals surface area contributed by atoms with E-state index in [1.807, 2.05) is 90.1 Å². The molecule has 0 aromatic heterocycles. The molecule has 0 spiro atoms. The van der Waals surface area contributed by atoms with Crippen molar-refractivity contribution in [2.24, 2.45) is 0 Å². The number of nitrogens with one attached hydrogen (secondary N) is 2. The summed E-state index contributed by atoms with van der Waals surface area (Å²) >= 11 is 0. The second-order valence-electron chi connectivity index (χ2n) is 12.9. The van der Waals surface area contributed by atoms with Gasteiger partial charge in [0.15, 0.2) is 0 Å². The SMILES string of the molecule is CC(C)(C)OC[C@H](NC(=O)OCC1c2ccccc2-c2ccccc21)C(=O)N[C@@H](Cc1ccc(OC(C)(C)C)cc1)C(=O)O. The first-order valence-electron chi connectivity index (χ1n) is 14.8. The van der Waals surface area contributed by atoms with E-state index in [-0.39, 0.29) is 31.2 Å². The molecule has 9 heteroatoms. The van der Waals surface area contributed by atoms with Gasteiger partial charge < -0.3 is 30.0 Å². The summed E-state index contributed by atoms with van der Waals surface area (Å²) in [6.45, 7) is 11.2. The molecule has 9 nitrogen and oxygen atoms in total. The Morgan fingerprint density at radius 2 is 1.34 bits per heavy atom. The maximum absolute atomic E-state index is 13.4. The van der Waals surface area contributed by atoms with Crippen molar-refractivity contribution in [3.05, 3.63) is 89.5 Å². The largest absolute Gasteiger partial charge is 0.488 e. The molecule has 1 aliphatic carbocycles. The molecular weight excluding hydrogens is 560 g/mol. The number of hydrogen-bond acceptors (Lipinski definition) is 6. The van der Waals surface area contributed by atoms with Gasteiger partial charge in [-0.05, 0) is 81.5 Å². The van der Waals surface area contributed by atoms with Gasteiger partial charge in [0.05, 0.1) is 12.2 Å². The Balaban J connectivity index is 1.42. The highest BCUT2D eigenvalue weighted by Crippen LogP contribution is 2.44. The molecule has 0 fully saturated rings. The average molecular weight is 603 g/mol. The summed E-state index contributed by atoms with van der Waals surface area (Å²) in [7, 11) is 0. The van der Waals surface area contributed by atoms with Gasteiger partial charge in [0.25, 0.3) is 0 Å². The molecule has 0 heterocycles. The van der Waals surface area contributed by atoms with Gasteiger partial charge in [-0.15, -0.1) is 0 Å². The summed E-state index contributed by atoms with van der Waals surface area (Å²) in [5, 5.41) is 15.1. The quantitative estimate of drug-likeness (QED) is 0.257. The van der Waals surface area contributed by atoms with Gasteiger partial charge in [-0.3, -0.25) is 4.79 Å². The zero-order chi connectivity index (χ0) is 32.1. The van der Waals surface area contributed by atoms with Crippen molar-refractivity contribution in [1.29, 1.82) is 0 Å². The molecular formula is C35H42N2O7. The smallest absolute Gasteiger partial charge is 0.407 e. The number of carbonyl (C=O) groups excluding carboxylic acids is 2. The molecule has 0 bridgehead atoms. The number of rotatable bonds is 11. The number of carboxylic acids is 1. The van der Waals surface area contributed by atoms with E-state index in [0.717, 1.165) is 22.3 Å². The predicted octanol–water partition coefficient (Wildman–Crippen LogP) is 5.70. The van der Waals surface area contributed by atoms with Crippen LogP contribution in [0.25, 0.3) is 11.1 Å². The number of carbonyl (C=O) groups is 3. The molecule has 2 amide bonds. The standard InChI is InChI=1S/C35H42N2O7/c1-34(2,3)43-21-30(31(38)36-29(32(39)40)19-22-15-17-23(18-16-22)44-35(4,5)6)37-33(41)42-20-28-26-13-9-7-11-24(26)25-12-8-10-14-27(25)28/h7-18,28-30H,19-21H2,1-6H3,(H,36,38)(H,37,41)(H,39,40)/t29-,30-/m0/s1. The van der Waals surface area contributed by atoms with Crippen molar-refractivity contribution in [2.45, 2.75) is 77.2 Å². The molecule has 0 unspecified atom stereocenters. The number of ether oxygens (including phenoxy) is 3. The monoisotopic (exact) mass is 602 g/mol. The van der Waals surface area contributed by atoms with E-state index < -0.39 is 35.7 Å². The maximum atomic E-state index is 13.4. The van der Waals surface area contributed by atoms with Crippen molar-refractivity contribution in [1.82, 2.24) is 10.6 Å². The molecule has 3 N–H and O–H groups in total. The van der Waals surface area contributed by atoms with Crippen molar-refractivity contribution < 1.29 is 33.7 Å². The lowest BCUT2D eigenvalue weighted by molar-refractivity contribution is -0.142. The third-order valence-electron chi connectivity index (χ3n) is 7.04. The van der Waals surface area contributed by atoms with Gasteiger partial charge >= 0.3 is 12.1 Å². The van der Waals surface area contributed by atoms with Crippen LogP contribution in [0.2, 0.25) is 0 Å². The van der Waals surface area contributed by atoms with Crippen LogP contribution in [0.5, 0.6) is 5.75 Å². The van der Waals surface area contributed by atoms with Crippen molar-refractivity contribution in [3.8, 4) is 16.9 Å². The summed E-state index contributed by atoms with van der Waals surface area (Å²) in [4.78, 5) is 38.5. The lowest BCUT2D eigenvalue weighted by Gasteiger charge is -2.26. The summed E-state index contributed by atoms with van der Waals surface area (Å²) in [6.07, 6.45) is -0.764. The van der Waals surface area contributed by atoms with Crippen LogP contribution in [0.4, 0.5) is 4.79 Å². The van der Waals surface area contributed by atoms with Crippen LogP contribution in [-0.4, -0.2) is 59.6 Å². The number of benzene rings is 3. The van der Waals surface area contributed by atoms with E-state index in [1.54, 1.807) is 24.3 Å². The van der Waals surface area contributed by atoms with E-state index in [4.69, 9.17) is 14.2 Å². The lowest BCUT2D eigenvalue weighted by atomic mass is 9.98. The Bertz CT molecular complexity index is 1430. The summed E-state index contributed by atoms with van der Waals surface area (Å²) in [5.74, 6) is -1.39. The fourth-order valence-electron chi connectivity index (χ4n) is 5.05. The number of alkyl carbamates (subject to hydrolysis) is 1. The Morgan fingerprint density at radius 3 is 1.86 bits per heavy atom. The van der Waals surface area contributed by atoms with Crippen LogP contribution >= 0.6 is 0 Å². The third-order valence-corrected chi connectivity index (χ3v) is 7.04. The van der Waals surface area contributed by atoms with Crippen LogP contribution in [0.3, 0.4) is 0 Å². The van der Waals surface area contributed by atoms with Gasteiger partial charge in [0.2, 0.25) is 5.91 Å². The average Bonchev–Trinajstić information content (AvgIpc) is 3.27. The Kier molecular flexibility index (Phi) is 9.99. The van der Waals surface area contributed by atoms with E-state index in [1.165, 1.54) is 0 Å². The van der Waals surface area contributed by atoms with E-state index >= 15 is 0 Å². The molecule has 3 aromatic rings. The first-order chi connectivity index (χ1) is 20.7. The highest BCUT2D eigenvalue weighted by atomic mass is 16.6. The number of amides is 2. The predicted molar refractivity (Wildman–Crippen MR) is 168 cm³/mol. The van der Waals surface area contributed by atoms with Crippen LogP contribution < -0.4 is 15.4 Å². The number of carboxylic acid groups (broad SMARTS) is 1. The van der Waals surface area contributed by atoms with Crippen molar-refractivity contribution >= 4 is 18.0 Å². The maximum Gasteiger partial charge on any atom is 0.407 e. The molecule has 44 heavy (non-hydrogen) atoms. The first-order valence-corrected chi connectivity index (χ1v) is 14.8. The molecule has 234 valence electrons. The highest BCUT2D eigenvalue weighted by molar-refractivity contribution is 5.89. The van der Waals surface area contributed by atoms with Crippen molar-refractivity contribution in [2.75, 3.05) is 13.2 Å². The van der Waals surface area contributed by atoms with E-state index in [0.29, 0.717) is 11.3 Å². The second kappa shape index (κ2) is 13.5. The molecule has 1 aliphatic rings. The second-order valence-corrected chi connectivity index (χ2v) is 12.9. The van der Waals surface area contributed by atoms with E-state index in [9.17, 15) is 19.5 Å². The minimum absolute atomic E-state index is 0.0364. The van der Waals surface area contributed by atoms with Crippen LogP contribution in [0.1, 0.15) is 64.2 Å². The molecule has 0 aliphatic heterocycles. The van der Waals surface area contributed by atoms with Gasteiger partial charge in [-0.2, -0.15) is 0 Å². The lowest BCUT2D eigenvalue weighted by Crippen LogP contribution is -2.54. The molecule has 0 saturated heterocycles. The first kappa shape index (κ1) is 32.5. The normalized spacial score (nSPS) is 14.1. The molecule has 4 rings (SSSR count). The van der Waals surface area contributed by atoms with Gasteiger partial charge in [0, 0.05) is 12.3 Å². The number of hydrogen-bond donors (Lipinski definition) is 3. The van der Waals surface area contributed by atoms with Gasteiger partial charge in [-0.25, -0.2) is 9.59 Å². The summed E-state index contributed by atoms with van der Waals surface area (Å²) < 4.78 is 17.3. The van der Waals surface area contributed by atoms with Gasteiger partial charge in [-0.1, -0.05) is 60.7 Å². The molecule has 0 radical (unpaired) electrons.